The van der Waals surface area contributed by atoms with Crippen molar-refractivity contribution in [3.05, 3.63) is 29.8 Å². The molecule has 0 bridgehead atoms. The van der Waals surface area contributed by atoms with Gasteiger partial charge in [-0.15, -0.1) is 0 Å². The van der Waals surface area contributed by atoms with E-state index in [9.17, 15) is 4.79 Å². The Kier molecular flexibility index (Phi) is 4.50. The molecule has 1 rings (SSSR count). The van der Waals surface area contributed by atoms with Crippen LogP contribution in [0, 0.1) is 0 Å². The van der Waals surface area contributed by atoms with Crippen LogP contribution < -0.4 is 0 Å². The van der Waals surface area contributed by atoms with Crippen molar-refractivity contribution in [3.63, 3.8) is 0 Å². The normalized spacial score (nSPS) is 12.8. The van der Waals surface area contributed by atoms with Gasteiger partial charge in [-0.2, -0.15) is 0 Å². The highest BCUT2D eigenvalue weighted by molar-refractivity contribution is 5.99. The molecule has 0 unspecified atom stereocenters. The second kappa shape index (κ2) is 5.66. The van der Waals surface area contributed by atoms with Crippen LogP contribution in [0.1, 0.15) is 31.1 Å². The molecule has 0 saturated carbocycles. The van der Waals surface area contributed by atoms with Crippen LogP contribution in [0.2, 0.25) is 0 Å². The second-order valence-electron chi connectivity index (χ2n) is 3.81. The van der Waals surface area contributed by atoms with Gasteiger partial charge in [0.1, 0.15) is 5.75 Å². The molecule has 0 fully saturated rings. The Labute approximate surface area is 96.7 Å². The summed E-state index contributed by atoms with van der Waals surface area (Å²) < 4.78 is 0. The molecular weight excluding hydrogens is 202 g/mol. The van der Waals surface area contributed by atoms with Crippen molar-refractivity contribution in [3.8, 4) is 5.75 Å². The van der Waals surface area contributed by atoms with Crippen LogP contribution in [0.25, 0.3) is 0 Å². The Morgan fingerprint density at radius 2 is 1.75 bits per heavy atom. The number of hydrogen-bond acceptors (Lipinski definition) is 3. The van der Waals surface area contributed by atoms with Gasteiger partial charge in [-0.1, -0.05) is 13.8 Å². The Hall–Kier alpha value is -1.35. The number of phenolic OH excluding ortho intramolecular Hbond substituents is 1. The molecule has 3 nitrogen and oxygen atoms in total. The summed E-state index contributed by atoms with van der Waals surface area (Å²) in [5, 5.41) is 9.16. The minimum absolute atomic E-state index is 0.101. The minimum atomic E-state index is -0.112. The maximum absolute atomic E-state index is 12.1. The number of carbonyl (C=O) groups is 1. The summed E-state index contributed by atoms with van der Waals surface area (Å²) >= 11 is 0. The van der Waals surface area contributed by atoms with Gasteiger partial charge >= 0.3 is 0 Å². The quantitative estimate of drug-likeness (QED) is 0.776. The van der Waals surface area contributed by atoms with Gasteiger partial charge < -0.3 is 5.11 Å². The molecule has 0 saturated heterocycles. The first-order chi connectivity index (χ1) is 7.60. The fraction of sp³-hybridized carbons (Fsp3) is 0.462. The molecule has 0 aliphatic rings. The van der Waals surface area contributed by atoms with Crippen LogP contribution in [-0.4, -0.2) is 34.9 Å². The number of nitrogens with zero attached hydrogens (tertiary/aromatic N) is 1. The van der Waals surface area contributed by atoms with Crippen molar-refractivity contribution in [2.24, 2.45) is 0 Å². The predicted octanol–water partition coefficient (Wildman–Crippen LogP) is 2.31. The van der Waals surface area contributed by atoms with E-state index in [0.717, 1.165) is 13.1 Å². The van der Waals surface area contributed by atoms with Gasteiger partial charge in [0, 0.05) is 5.56 Å². The highest BCUT2D eigenvalue weighted by atomic mass is 16.3. The van der Waals surface area contributed by atoms with Crippen molar-refractivity contribution in [1.82, 2.24) is 4.90 Å². The third-order valence-corrected chi connectivity index (χ3v) is 2.89. The number of Topliss-reactive ketones (excluding diaryl/α,β-unsaturated/α-hetero) is 1. The molecule has 0 aliphatic heterocycles. The van der Waals surface area contributed by atoms with E-state index in [1.807, 2.05) is 20.8 Å². The lowest BCUT2D eigenvalue weighted by Gasteiger charge is -2.25. The van der Waals surface area contributed by atoms with E-state index >= 15 is 0 Å². The predicted molar refractivity (Wildman–Crippen MR) is 64.8 cm³/mol. The van der Waals surface area contributed by atoms with Crippen molar-refractivity contribution in [2.45, 2.75) is 26.8 Å². The Balaban J connectivity index is 2.81. The van der Waals surface area contributed by atoms with Crippen molar-refractivity contribution >= 4 is 5.78 Å². The van der Waals surface area contributed by atoms with E-state index < -0.39 is 0 Å². The monoisotopic (exact) mass is 221 g/mol. The molecule has 88 valence electrons. The fourth-order valence-corrected chi connectivity index (χ4v) is 1.80. The highest BCUT2D eigenvalue weighted by Gasteiger charge is 2.19. The van der Waals surface area contributed by atoms with E-state index in [1.54, 1.807) is 24.3 Å². The zero-order chi connectivity index (χ0) is 12.1. The lowest BCUT2D eigenvalue weighted by atomic mass is 10.0. The van der Waals surface area contributed by atoms with E-state index in [2.05, 4.69) is 4.90 Å². The smallest absolute Gasteiger partial charge is 0.179 e. The number of rotatable bonds is 5. The Morgan fingerprint density at radius 1 is 1.25 bits per heavy atom. The number of ketones is 1. The maximum Gasteiger partial charge on any atom is 0.179 e. The first-order valence-corrected chi connectivity index (χ1v) is 5.67. The summed E-state index contributed by atoms with van der Waals surface area (Å²) in [6.07, 6.45) is 0. The largest absolute Gasteiger partial charge is 0.508 e. The van der Waals surface area contributed by atoms with E-state index in [4.69, 9.17) is 5.11 Å². The van der Waals surface area contributed by atoms with Crippen LogP contribution in [0.5, 0.6) is 5.75 Å². The molecule has 1 aromatic rings. The molecule has 0 heterocycles. The zero-order valence-corrected chi connectivity index (χ0v) is 10.1. The van der Waals surface area contributed by atoms with Gasteiger partial charge in [-0.25, -0.2) is 0 Å². The molecule has 16 heavy (non-hydrogen) atoms. The van der Waals surface area contributed by atoms with Gasteiger partial charge in [0.15, 0.2) is 5.78 Å². The molecule has 0 radical (unpaired) electrons. The minimum Gasteiger partial charge on any atom is -0.508 e. The van der Waals surface area contributed by atoms with Crippen LogP contribution in [0.15, 0.2) is 24.3 Å². The number of benzene rings is 1. The highest BCUT2D eigenvalue weighted by Crippen LogP contribution is 2.13. The summed E-state index contributed by atoms with van der Waals surface area (Å²) in [5.74, 6) is 0.288. The average molecular weight is 221 g/mol. The molecule has 1 N–H and O–H groups in total. The summed E-state index contributed by atoms with van der Waals surface area (Å²) in [5.41, 5.74) is 0.650. The van der Waals surface area contributed by atoms with Crippen LogP contribution in [-0.2, 0) is 0 Å². The summed E-state index contributed by atoms with van der Waals surface area (Å²) in [4.78, 5) is 14.2. The number of phenols is 1. The van der Waals surface area contributed by atoms with E-state index in [-0.39, 0.29) is 17.6 Å². The second-order valence-corrected chi connectivity index (χ2v) is 3.81. The third-order valence-electron chi connectivity index (χ3n) is 2.89. The first kappa shape index (κ1) is 12.7. The summed E-state index contributed by atoms with van der Waals surface area (Å²) in [6, 6.07) is 6.30. The molecule has 1 aromatic carbocycles. The molecular formula is C13H19NO2. The molecule has 3 heteroatoms. The van der Waals surface area contributed by atoms with E-state index in [0.29, 0.717) is 5.56 Å². The lowest BCUT2D eigenvalue weighted by Crippen LogP contribution is -2.38. The molecule has 0 aliphatic carbocycles. The maximum atomic E-state index is 12.1. The van der Waals surface area contributed by atoms with Gasteiger partial charge in [0.2, 0.25) is 0 Å². The van der Waals surface area contributed by atoms with Gasteiger partial charge in [-0.05, 0) is 44.3 Å². The molecule has 0 aromatic heterocycles. The number of likely N-dealkylation sites (N-methyl/N-ethyl adjacent to an activating group) is 1. The van der Waals surface area contributed by atoms with Crippen molar-refractivity contribution in [2.75, 3.05) is 13.1 Å². The van der Waals surface area contributed by atoms with Gasteiger partial charge in [0.25, 0.3) is 0 Å². The molecule has 0 amide bonds. The third kappa shape index (κ3) is 2.83. The topological polar surface area (TPSA) is 40.5 Å². The van der Waals surface area contributed by atoms with Crippen molar-refractivity contribution in [1.29, 1.82) is 0 Å². The van der Waals surface area contributed by atoms with Crippen LogP contribution >= 0.6 is 0 Å². The van der Waals surface area contributed by atoms with Crippen LogP contribution in [0.4, 0.5) is 0 Å². The molecule has 1 atom stereocenters. The van der Waals surface area contributed by atoms with Gasteiger partial charge in [0.05, 0.1) is 6.04 Å². The zero-order valence-electron chi connectivity index (χ0n) is 10.1. The Bertz CT molecular complexity index is 341. The van der Waals surface area contributed by atoms with Crippen LogP contribution in [0.3, 0.4) is 0 Å². The van der Waals surface area contributed by atoms with E-state index in [1.165, 1.54) is 0 Å². The standard InChI is InChI=1S/C13H19NO2/c1-4-14(5-2)10(3)13(16)11-6-8-12(15)9-7-11/h6-10,15H,4-5H2,1-3H3/t10-/m0/s1. The fourth-order valence-electron chi connectivity index (χ4n) is 1.80. The number of aromatic hydroxyl groups is 1. The lowest BCUT2D eigenvalue weighted by molar-refractivity contribution is 0.0851. The first-order valence-electron chi connectivity index (χ1n) is 5.67. The Morgan fingerprint density at radius 3 is 2.19 bits per heavy atom. The summed E-state index contributed by atoms with van der Waals surface area (Å²) in [6.45, 7) is 7.74. The number of carbonyl (C=O) groups excluding carboxylic acids is 1. The van der Waals surface area contributed by atoms with Crippen molar-refractivity contribution < 1.29 is 9.90 Å². The van der Waals surface area contributed by atoms with Gasteiger partial charge in [-0.3, -0.25) is 9.69 Å². The average Bonchev–Trinajstić information content (AvgIpc) is 2.30. The number of hydrogen-bond donors (Lipinski definition) is 1. The SMILES string of the molecule is CCN(CC)[C@@H](C)C(=O)c1ccc(O)cc1. The molecule has 0 spiro atoms. The summed E-state index contributed by atoms with van der Waals surface area (Å²) in [7, 11) is 0.